The van der Waals surface area contributed by atoms with E-state index in [1.165, 1.54) is 12.8 Å². The van der Waals surface area contributed by atoms with E-state index in [1.807, 2.05) is 23.0 Å². The second-order valence-electron chi connectivity index (χ2n) is 7.09. The second kappa shape index (κ2) is 6.51. The Bertz CT molecular complexity index is 845. The van der Waals surface area contributed by atoms with Gasteiger partial charge in [-0.25, -0.2) is 9.97 Å². The van der Waals surface area contributed by atoms with Crippen molar-refractivity contribution >= 4 is 5.95 Å². The molecule has 2 fully saturated rings. The molecular formula is C18H22N8. The van der Waals surface area contributed by atoms with E-state index in [-0.39, 0.29) is 0 Å². The molecule has 134 valence electrons. The highest BCUT2D eigenvalue weighted by Crippen LogP contribution is 2.40. The lowest BCUT2D eigenvalue weighted by Crippen LogP contribution is -2.34. The molecule has 1 aliphatic heterocycles. The molecule has 0 atom stereocenters. The van der Waals surface area contributed by atoms with Crippen LogP contribution in [0.25, 0.3) is 0 Å². The lowest BCUT2D eigenvalue weighted by atomic mass is 9.96. The Kier molecular flexibility index (Phi) is 3.88. The molecule has 8 nitrogen and oxygen atoms in total. The van der Waals surface area contributed by atoms with Gasteiger partial charge in [0.05, 0.1) is 0 Å². The van der Waals surface area contributed by atoms with Gasteiger partial charge in [-0.3, -0.25) is 4.68 Å². The first-order valence-electron chi connectivity index (χ1n) is 9.31. The molecule has 0 unspecified atom stereocenters. The molecule has 1 aliphatic carbocycles. The first-order chi connectivity index (χ1) is 12.9. The van der Waals surface area contributed by atoms with Gasteiger partial charge in [-0.1, -0.05) is 0 Å². The van der Waals surface area contributed by atoms with Crippen molar-refractivity contribution in [2.75, 3.05) is 18.0 Å². The fraction of sp³-hybridized carbons (Fsp3) is 0.500. The highest BCUT2D eigenvalue weighted by Gasteiger charge is 2.33. The van der Waals surface area contributed by atoms with Crippen LogP contribution < -0.4 is 4.90 Å². The Morgan fingerprint density at radius 3 is 2.42 bits per heavy atom. The molecule has 2 aliphatic rings. The van der Waals surface area contributed by atoms with Crippen LogP contribution >= 0.6 is 0 Å². The van der Waals surface area contributed by atoms with Crippen molar-refractivity contribution < 1.29 is 0 Å². The molecule has 4 heterocycles. The summed E-state index contributed by atoms with van der Waals surface area (Å²) in [6.45, 7) is 2.61. The van der Waals surface area contributed by atoms with Gasteiger partial charge in [-0.05, 0) is 37.8 Å². The monoisotopic (exact) mass is 350 g/mol. The first kappa shape index (κ1) is 15.5. The number of piperidine rings is 1. The largest absolute Gasteiger partial charge is 0.341 e. The fourth-order valence-electron chi connectivity index (χ4n) is 3.79. The summed E-state index contributed by atoms with van der Waals surface area (Å²) in [4.78, 5) is 11.0. The standard InChI is InChI=1S/C18H22N8/c1-7-19-18(20-8-1)24-11-5-14(6-12-24)17-23-22-16(26(17)15-3-4-15)13-25-10-2-9-21-25/h1-2,7-10,14-15H,3-6,11-13H2. The maximum Gasteiger partial charge on any atom is 0.225 e. The maximum absolute atomic E-state index is 4.60. The molecule has 3 aromatic rings. The van der Waals surface area contributed by atoms with Crippen LogP contribution in [0.3, 0.4) is 0 Å². The summed E-state index contributed by atoms with van der Waals surface area (Å²) in [6, 6.07) is 4.37. The second-order valence-corrected chi connectivity index (χ2v) is 7.09. The predicted molar refractivity (Wildman–Crippen MR) is 95.8 cm³/mol. The molecule has 3 aromatic heterocycles. The highest BCUT2D eigenvalue weighted by atomic mass is 15.3. The average Bonchev–Trinajstić information content (AvgIpc) is 3.24. The molecule has 0 N–H and O–H groups in total. The number of aromatic nitrogens is 7. The molecule has 26 heavy (non-hydrogen) atoms. The Morgan fingerprint density at radius 2 is 1.73 bits per heavy atom. The molecule has 1 saturated heterocycles. The minimum absolute atomic E-state index is 0.453. The van der Waals surface area contributed by atoms with Crippen LogP contribution in [0.5, 0.6) is 0 Å². The fourth-order valence-corrected chi connectivity index (χ4v) is 3.79. The van der Waals surface area contributed by atoms with Crippen molar-refractivity contribution in [1.82, 2.24) is 34.5 Å². The van der Waals surface area contributed by atoms with Crippen LogP contribution in [0.15, 0.2) is 36.9 Å². The zero-order valence-corrected chi connectivity index (χ0v) is 14.6. The molecule has 0 spiro atoms. The molecular weight excluding hydrogens is 328 g/mol. The summed E-state index contributed by atoms with van der Waals surface area (Å²) in [5.74, 6) is 3.46. The van der Waals surface area contributed by atoms with Crippen LogP contribution in [0, 0.1) is 0 Å². The maximum atomic E-state index is 4.60. The molecule has 1 saturated carbocycles. The molecule has 5 rings (SSSR count). The Hall–Kier alpha value is -2.77. The van der Waals surface area contributed by atoms with Gasteiger partial charge in [-0.2, -0.15) is 5.10 Å². The van der Waals surface area contributed by atoms with E-state index in [1.54, 1.807) is 18.6 Å². The summed E-state index contributed by atoms with van der Waals surface area (Å²) in [5.41, 5.74) is 0. The molecule has 0 radical (unpaired) electrons. The molecule has 0 amide bonds. The normalized spacial score (nSPS) is 18.4. The average molecular weight is 350 g/mol. The SMILES string of the molecule is c1cnc(N2CCC(c3nnc(Cn4cccn4)n3C3CC3)CC2)nc1. The van der Waals surface area contributed by atoms with Gasteiger partial charge in [0, 0.05) is 49.8 Å². The predicted octanol–water partition coefficient (Wildman–Crippen LogP) is 2.03. The van der Waals surface area contributed by atoms with Gasteiger partial charge in [0.15, 0.2) is 5.82 Å². The molecule has 0 bridgehead atoms. The van der Waals surface area contributed by atoms with Crippen molar-refractivity contribution in [2.45, 2.75) is 44.2 Å². The van der Waals surface area contributed by atoms with Crippen molar-refractivity contribution in [3.8, 4) is 0 Å². The van der Waals surface area contributed by atoms with Gasteiger partial charge in [-0.15, -0.1) is 10.2 Å². The van der Waals surface area contributed by atoms with Crippen LogP contribution in [0.1, 0.15) is 49.3 Å². The zero-order valence-electron chi connectivity index (χ0n) is 14.6. The van der Waals surface area contributed by atoms with E-state index in [0.717, 1.165) is 43.5 Å². The van der Waals surface area contributed by atoms with E-state index in [0.29, 0.717) is 18.5 Å². The van der Waals surface area contributed by atoms with E-state index < -0.39 is 0 Å². The van der Waals surface area contributed by atoms with Crippen molar-refractivity contribution in [1.29, 1.82) is 0 Å². The van der Waals surface area contributed by atoms with Crippen LogP contribution in [0.4, 0.5) is 5.95 Å². The third-order valence-corrected chi connectivity index (χ3v) is 5.26. The van der Waals surface area contributed by atoms with Crippen LogP contribution in [0.2, 0.25) is 0 Å². The number of hydrogen-bond acceptors (Lipinski definition) is 6. The topological polar surface area (TPSA) is 77.5 Å². The van der Waals surface area contributed by atoms with E-state index >= 15 is 0 Å². The molecule has 8 heteroatoms. The van der Waals surface area contributed by atoms with Crippen molar-refractivity contribution in [2.24, 2.45) is 0 Å². The Morgan fingerprint density at radius 1 is 0.923 bits per heavy atom. The quantitative estimate of drug-likeness (QED) is 0.701. The summed E-state index contributed by atoms with van der Waals surface area (Å²) < 4.78 is 4.31. The number of nitrogens with zero attached hydrogens (tertiary/aromatic N) is 8. The summed E-state index contributed by atoms with van der Waals surface area (Å²) in [7, 11) is 0. The smallest absolute Gasteiger partial charge is 0.225 e. The van der Waals surface area contributed by atoms with Crippen molar-refractivity contribution in [3.63, 3.8) is 0 Å². The number of rotatable bonds is 5. The summed E-state index contributed by atoms with van der Waals surface area (Å²) in [6.07, 6.45) is 12.0. The first-order valence-corrected chi connectivity index (χ1v) is 9.31. The third-order valence-electron chi connectivity index (χ3n) is 5.26. The Labute approximate surface area is 151 Å². The van der Waals surface area contributed by atoms with E-state index in [4.69, 9.17) is 0 Å². The van der Waals surface area contributed by atoms with E-state index in [9.17, 15) is 0 Å². The van der Waals surface area contributed by atoms with Gasteiger partial charge >= 0.3 is 0 Å². The van der Waals surface area contributed by atoms with Crippen LogP contribution in [-0.4, -0.2) is 47.6 Å². The van der Waals surface area contributed by atoms with E-state index in [2.05, 4.69) is 34.7 Å². The van der Waals surface area contributed by atoms with Gasteiger partial charge < -0.3 is 9.47 Å². The number of hydrogen-bond donors (Lipinski definition) is 0. The summed E-state index contributed by atoms with van der Waals surface area (Å²) >= 11 is 0. The lowest BCUT2D eigenvalue weighted by Gasteiger charge is -2.31. The highest BCUT2D eigenvalue weighted by molar-refractivity contribution is 5.29. The zero-order chi connectivity index (χ0) is 17.3. The minimum atomic E-state index is 0.453. The van der Waals surface area contributed by atoms with Crippen molar-refractivity contribution in [3.05, 3.63) is 48.6 Å². The number of anilines is 1. The minimum Gasteiger partial charge on any atom is -0.341 e. The van der Waals surface area contributed by atoms with Gasteiger partial charge in [0.25, 0.3) is 0 Å². The summed E-state index contributed by atoms with van der Waals surface area (Å²) in [5, 5.41) is 13.4. The van der Waals surface area contributed by atoms with Crippen LogP contribution in [-0.2, 0) is 6.54 Å². The lowest BCUT2D eigenvalue weighted by molar-refractivity contribution is 0.456. The van der Waals surface area contributed by atoms with Gasteiger partial charge in [0.2, 0.25) is 5.95 Å². The third kappa shape index (κ3) is 2.95. The molecule has 0 aromatic carbocycles. The van der Waals surface area contributed by atoms with Gasteiger partial charge in [0.1, 0.15) is 12.4 Å². The Balaban J connectivity index is 1.33.